The number of carboxylic acids is 1. The number of benzene rings is 1. The third-order valence-electron chi connectivity index (χ3n) is 2.28. The first-order chi connectivity index (χ1) is 9.81. The molecule has 0 spiro atoms. The maximum Gasteiger partial charge on any atom is 0.452 e. The molecule has 0 fully saturated rings. The van der Waals surface area contributed by atoms with Crippen LogP contribution in [0.3, 0.4) is 0 Å². The monoisotopic (exact) mass is 320 g/mol. The van der Waals surface area contributed by atoms with Crippen molar-refractivity contribution in [3.63, 3.8) is 0 Å². The molecular formula is C11H7F3N2O4S. The molecule has 0 bridgehead atoms. The van der Waals surface area contributed by atoms with Crippen molar-refractivity contribution in [1.29, 1.82) is 0 Å². The smallest absolute Gasteiger partial charge is 0.452 e. The van der Waals surface area contributed by atoms with Gasteiger partial charge in [-0.2, -0.15) is 22.5 Å². The topological polar surface area (TPSA) is 81.5 Å². The molecule has 1 N–H and O–H groups in total. The summed E-state index contributed by atoms with van der Waals surface area (Å²) in [5, 5.41) is 8.64. The lowest BCUT2D eigenvalue weighted by molar-refractivity contribution is -0.144. The van der Waals surface area contributed by atoms with E-state index in [2.05, 4.69) is 9.36 Å². The average Bonchev–Trinajstić information content (AvgIpc) is 2.87. The normalized spacial score (nSPS) is 11.2. The van der Waals surface area contributed by atoms with Crippen molar-refractivity contribution in [1.82, 2.24) is 9.36 Å². The van der Waals surface area contributed by atoms with Gasteiger partial charge in [0.2, 0.25) is 0 Å². The molecule has 21 heavy (non-hydrogen) atoms. The van der Waals surface area contributed by atoms with Gasteiger partial charge in [-0.3, -0.25) is 0 Å². The summed E-state index contributed by atoms with van der Waals surface area (Å²) in [6.07, 6.45) is -4.69. The Labute approximate surface area is 119 Å². The van der Waals surface area contributed by atoms with E-state index < -0.39 is 23.2 Å². The molecule has 112 valence electrons. The Morgan fingerprint density at radius 2 is 2.10 bits per heavy atom. The van der Waals surface area contributed by atoms with E-state index in [1.807, 2.05) is 0 Å². The van der Waals surface area contributed by atoms with E-state index in [1.165, 1.54) is 25.3 Å². The van der Waals surface area contributed by atoms with Gasteiger partial charge in [0.1, 0.15) is 17.1 Å². The number of aromatic nitrogens is 2. The van der Waals surface area contributed by atoms with Crippen LogP contribution in [-0.2, 0) is 6.18 Å². The summed E-state index contributed by atoms with van der Waals surface area (Å²) >= 11 is 0.374. The molecule has 6 nitrogen and oxygen atoms in total. The van der Waals surface area contributed by atoms with Crippen molar-refractivity contribution < 1.29 is 32.5 Å². The van der Waals surface area contributed by atoms with E-state index in [0.29, 0.717) is 11.5 Å². The Kier molecular flexibility index (Phi) is 3.98. The number of nitrogens with zero attached hydrogens (tertiary/aromatic N) is 2. The number of hydrogen-bond donors (Lipinski definition) is 1. The third kappa shape index (κ3) is 3.40. The van der Waals surface area contributed by atoms with Crippen molar-refractivity contribution in [2.24, 2.45) is 0 Å². The summed E-state index contributed by atoms with van der Waals surface area (Å²) in [7, 11) is 1.35. The van der Waals surface area contributed by atoms with E-state index in [4.69, 9.17) is 14.6 Å². The number of carbonyl (C=O) groups is 1. The van der Waals surface area contributed by atoms with E-state index in [1.54, 1.807) is 0 Å². The molecular weight excluding hydrogens is 313 g/mol. The Bertz CT molecular complexity index is 672. The Hall–Kier alpha value is -2.36. The Balaban J connectivity index is 2.31. The molecule has 1 aromatic heterocycles. The summed E-state index contributed by atoms with van der Waals surface area (Å²) in [4.78, 5) is 14.3. The maximum absolute atomic E-state index is 12.4. The molecule has 0 aliphatic heterocycles. The summed E-state index contributed by atoms with van der Waals surface area (Å²) < 4.78 is 50.1. The summed E-state index contributed by atoms with van der Waals surface area (Å²) in [5.41, 5.74) is -0.266. The summed E-state index contributed by atoms with van der Waals surface area (Å²) in [6, 6.07) is 3.85. The second-order valence-electron chi connectivity index (χ2n) is 3.65. The standard InChI is InChI=1S/C11H7F3N2O4S/c1-19-5-2-3-7(6(4-5)8(17)18)20-10-15-9(16-21-10)11(12,13)14/h2-4H,1H3,(H,17,18). The lowest BCUT2D eigenvalue weighted by Crippen LogP contribution is -2.07. The quantitative estimate of drug-likeness (QED) is 0.932. The lowest BCUT2D eigenvalue weighted by atomic mass is 10.2. The molecule has 0 aliphatic rings. The fraction of sp³-hybridized carbons (Fsp3) is 0.182. The van der Waals surface area contributed by atoms with Gasteiger partial charge in [-0.1, -0.05) is 0 Å². The van der Waals surface area contributed by atoms with Crippen molar-refractivity contribution in [2.45, 2.75) is 6.18 Å². The average molecular weight is 320 g/mol. The highest BCUT2D eigenvalue weighted by Crippen LogP contribution is 2.33. The van der Waals surface area contributed by atoms with Crippen LogP contribution in [0.15, 0.2) is 18.2 Å². The zero-order valence-corrected chi connectivity index (χ0v) is 11.2. The molecule has 0 saturated carbocycles. The Morgan fingerprint density at radius 1 is 1.38 bits per heavy atom. The van der Waals surface area contributed by atoms with Crippen LogP contribution in [0.1, 0.15) is 16.2 Å². The van der Waals surface area contributed by atoms with Crippen LogP contribution in [0.5, 0.6) is 16.7 Å². The number of alkyl halides is 3. The van der Waals surface area contributed by atoms with Crippen molar-refractivity contribution in [2.75, 3.05) is 7.11 Å². The number of rotatable bonds is 4. The van der Waals surface area contributed by atoms with Crippen LogP contribution >= 0.6 is 11.5 Å². The highest BCUT2D eigenvalue weighted by Gasteiger charge is 2.36. The summed E-state index contributed by atoms with van der Waals surface area (Å²) in [5.74, 6) is -2.54. The molecule has 2 rings (SSSR count). The Morgan fingerprint density at radius 3 is 2.62 bits per heavy atom. The second-order valence-corrected chi connectivity index (χ2v) is 4.37. The zero-order chi connectivity index (χ0) is 15.6. The molecule has 2 aromatic rings. The first kappa shape index (κ1) is 15.0. The minimum Gasteiger partial charge on any atom is -0.497 e. The number of halogens is 3. The van der Waals surface area contributed by atoms with Gasteiger partial charge in [-0.15, -0.1) is 0 Å². The van der Waals surface area contributed by atoms with Crippen LogP contribution in [0.4, 0.5) is 13.2 Å². The minimum atomic E-state index is -4.69. The lowest BCUT2D eigenvalue weighted by Gasteiger charge is -2.07. The highest BCUT2D eigenvalue weighted by atomic mass is 32.1. The first-order valence-electron chi connectivity index (χ1n) is 5.31. The SMILES string of the molecule is COc1ccc(Oc2nc(C(F)(F)F)ns2)c(C(=O)O)c1. The van der Waals surface area contributed by atoms with Crippen LogP contribution in [0, 0.1) is 0 Å². The van der Waals surface area contributed by atoms with Crippen molar-refractivity contribution >= 4 is 17.5 Å². The van der Waals surface area contributed by atoms with Gasteiger partial charge in [0.15, 0.2) is 0 Å². The molecule has 0 atom stereocenters. The van der Waals surface area contributed by atoms with Crippen LogP contribution < -0.4 is 9.47 Å². The molecule has 0 unspecified atom stereocenters. The van der Waals surface area contributed by atoms with Gasteiger partial charge < -0.3 is 14.6 Å². The van der Waals surface area contributed by atoms with Crippen LogP contribution in [0.2, 0.25) is 0 Å². The fourth-order valence-electron chi connectivity index (χ4n) is 1.35. The molecule has 0 amide bonds. The van der Waals surface area contributed by atoms with E-state index >= 15 is 0 Å². The largest absolute Gasteiger partial charge is 0.497 e. The minimum absolute atomic E-state index is 0.159. The first-order valence-corrected chi connectivity index (χ1v) is 6.08. The number of hydrogen-bond acceptors (Lipinski definition) is 6. The van der Waals surface area contributed by atoms with E-state index in [9.17, 15) is 18.0 Å². The molecule has 0 aliphatic carbocycles. The van der Waals surface area contributed by atoms with Crippen molar-refractivity contribution in [3.8, 4) is 16.7 Å². The van der Waals surface area contributed by atoms with E-state index in [-0.39, 0.29) is 17.1 Å². The molecule has 0 saturated heterocycles. The number of aromatic carboxylic acids is 1. The number of carboxylic acid groups (broad SMARTS) is 1. The van der Waals surface area contributed by atoms with Gasteiger partial charge in [0, 0.05) is 11.5 Å². The number of ether oxygens (including phenoxy) is 2. The maximum atomic E-state index is 12.4. The molecule has 10 heteroatoms. The third-order valence-corrected chi connectivity index (χ3v) is 2.87. The van der Waals surface area contributed by atoms with Gasteiger partial charge >= 0.3 is 12.1 Å². The van der Waals surface area contributed by atoms with Crippen molar-refractivity contribution in [3.05, 3.63) is 29.6 Å². The highest BCUT2D eigenvalue weighted by molar-refractivity contribution is 7.07. The second kappa shape index (κ2) is 5.56. The van der Waals surface area contributed by atoms with Gasteiger partial charge in [-0.05, 0) is 18.2 Å². The van der Waals surface area contributed by atoms with Crippen LogP contribution in [0.25, 0.3) is 0 Å². The summed E-state index contributed by atoms with van der Waals surface area (Å²) in [6.45, 7) is 0. The molecule has 1 heterocycles. The van der Waals surface area contributed by atoms with Gasteiger partial charge in [0.25, 0.3) is 11.0 Å². The number of methoxy groups -OCH3 is 1. The van der Waals surface area contributed by atoms with Gasteiger partial charge in [0.05, 0.1) is 7.11 Å². The van der Waals surface area contributed by atoms with E-state index in [0.717, 1.165) is 0 Å². The predicted molar refractivity (Wildman–Crippen MR) is 64.9 cm³/mol. The molecule has 0 radical (unpaired) electrons. The zero-order valence-electron chi connectivity index (χ0n) is 10.3. The van der Waals surface area contributed by atoms with Crippen LogP contribution in [-0.4, -0.2) is 27.5 Å². The molecule has 1 aromatic carbocycles. The fourth-order valence-corrected chi connectivity index (χ4v) is 1.92. The van der Waals surface area contributed by atoms with Gasteiger partial charge in [-0.25, -0.2) is 4.79 Å². The predicted octanol–water partition coefficient (Wildman–Crippen LogP) is 3.06.